The monoisotopic (exact) mass is 293 g/mol. The Morgan fingerprint density at radius 2 is 1.56 bits per heavy atom. The molecule has 0 aliphatic heterocycles. The molecule has 0 aliphatic rings. The molecule has 0 aliphatic carbocycles. The summed E-state index contributed by atoms with van der Waals surface area (Å²) in [4.78, 5) is 0. The molecule has 0 bridgehead atoms. The van der Waals surface area contributed by atoms with E-state index in [0.29, 0.717) is 0 Å². The zero-order valence-corrected chi connectivity index (χ0v) is 11.7. The van der Waals surface area contributed by atoms with E-state index >= 15 is 0 Å². The number of halogens is 1. The zero-order valence-electron chi connectivity index (χ0n) is 9.02. The van der Waals surface area contributed by atoms with Gasteiger partial charge >= 0.3 is 105 Å². The maximum atomic E-state index is 6.43. The molecule has 1 atom stereocenters. The normalized spacial score (nSPS) is 12.1. The van der Waals surface area contributed by atoms with Gasteiger partial charge in [0.15, 0.2) is 0 Å². The van der Waals surface area contributed by atoms with E-state index in [-0.39, 0.29) is 0 Å². The van der Waals surface area contributed by atoms with E-state index in [1.165, 1.54) is 9.91 Å². The fraction of sp³-hybridized carbons (Fsp3) is 0.0769. The van der Waals surface area contributed by atoms with Gasteiger partial charge in [-0.3, -0.25) is 0 Å². The van der Waals surface area contributed by atoms with E-state index in [1.54, 1.807) is 0 Å². The predicted octanol–water partition coefficient (Wildman–Crippen LogP) is 3.04. The third kappa shape index (κ3) is 3.04. The van der Waals surface area contributed by atoms with Crippen LogP contribution >= 0.6 is 9.95 Å². The number of nitrogens with one attached hydrogen (secondary N) is 1. The van der Waals surface area contributed by atoms with Crippen molar-refractivity contribution in [1.82, 2.24) is 0 Å². The van der Waals surface area contributed by atoms with Gasteiger partial charge < -0.3 is 0 Å². The molecule has 2 aromatic carbocycles. The third-order valence-electron chi connectivity index (χ3n) is 2.26. The molecule has 1 N–H and O–H groups in total. The van der Waals surface area contributed by atoms with Crippen LogP contribution in [0.1, 0.15) is 5.56 Å². The number of aryl methyl sites for hydroxylation is 1. The molecule has 0 saturated carbocycles. The first kappa shape index (κ1) is 11.6. The van der Waals surface area contributed by atoms with Gasteiger partial charge in [0.2, 0.25) is 0 Å². The Morgan fingerprint density at radius 3 is 2.19 bits per heavy atom. The van der Waals surface area contributed by atoms with Gasteiger partial charge in [-0.1, -0.05) is 0 Å². The van der Waals surface area contributed by atoms with Gasteiger partial charge in [0.25, 0.3) is 0 Å². The first-order valence-electron chi connectivity index (χ1n) is 5.10. The maximum absolute atomic E-state index is 6.43. The van der Waals surface area contributed by atoms with Crippen molar-refractivity contribution < 1.29 is 0 Å². The van der Waals surface area contributed by atoms with E-state index in [9.17, 15) is 0 Å². The Labute approximate surface area is 105 Å². The molecule has 0 spiro atoms. The minimum atomic E-state index is -1.66. The summed E-state index contributed by atoms with van der Waals surface area (Å²) in [6.07, 6.45) is 0. The molecule has 2 rings (SSSR count). The van der Waals surface area contributed by atoms with Crippen LogP contribution in [0.15, 0.2) is 54.6 Å². The quantitative estimate of drug-likeness (QED) is 0.858. The van der Waals surface area contributed by atoms with Crippen molar-refractivity contribution in [2.45, 2.75) is 6.92 Å². The van der Waals surface area contributed by atoms with Crippen molar-refractivity contribution in [1.29, 1.82) is 0 Å². The van der Waals surface area contributed by atoms with E-state index in [0.717, 1.165) is 5.69 Å². The van der Waals surface area contributed by atoms with E-state index in [1.807, 2.05) is 30.3 Å². The van der Waals surface area contributed by atoms with Crippen LogP contribution in [0.4, 0.5) is 5.69 Å². The first-order valence-corrected chi connectivity index (χ1v) is 9.44. The number of hydrogen-bond donors (Lipinski definition) is 1. The number of para-hydroxylation sites is 1. The first-order chi connectivity index (χ1) is 7.75. The Kier molecular flexibility index (Phi) is 3.92. The average Bonchev–Trinajstić information content (AvgIpc) is 2.31. The molecule has 16 heavy (non-hydrogen) atoms. The summed E-state index contributed by atoms with van der Waals surface area (Å²) in [7, 11) is 6.43. The second-order valence-corrected chi connectivity index (χ2v) is 8.08. The number of anilines is 1. The van der Waals surface area contributed by atoms with E-state index < -0.39 is 13.9 Å². The Morgan fingerprint density at radius 1 is 0.938 bits per heavy atom. The fourth-order valence-corrected chi connectivity index (χ4v) is 4.38. The Bertz CT molecular complexity index is 441. The van der Waals surface area contributed by atoms with Crippen LogP contribution in [0.25, 0.3) is 0 Å². The molecule has 82 valence electrons. The van der Waals surface area contributed by atoms with Crippen molar-refractivity contribution in [3.05, 3.63) is 60.2 Å². The van der Waals surface area contributed by atoms with Gasteiger partial charge in [0.1, 0.15) is 0 Å². The topological polar surface area (TPSA) is 12.0 Å². The molecule has 3 heteroatoms. The van der Waals surface area contributed by atoms with Crippen molar-refractivity contribution >= 4 is 33.9 Å². The molecule has 0 amide bonds. The summed E-state index contributed by atoms with van der Waals surface area (Å²) in [6.45, 7) is 2.08. The summed E-state index contributed by atoms with van der Waals surface area (Å²) in [5.41, 5.74) is 2.36. The van der Waals surface area contributed by atoms with Crippen LogP contribution in [0.3, 0.4) is 0 Å². The van der Waals surface area contributed by atoms with Gasteiger partial charge in [-0.2, -0.15) is 0 Å². The molecule has 0 fully saturated rings. The molecule has 0 aromatic heterocycles. The molecule has 0 saturated heterocycles. The summed E-state index contributed by atoms with van der Waals surface area (Å²) in [6, 6.07) is 18.5. The van der Waals surface area contributed by atoms with Crippen LogP contribution < -0.4 is 8.58 Å². The van der Waals surface area contributed by atoms with Gasteiger partial charge in [0, 0.05) is 0 Å². The summed E-state index contributed by atoms with van der Waals surface area (Å²) in [5.74, 6) is 0. The SMILES string of the molecule is Cc1ccc([As](Cl)Nc2ccccc2)cc1. The Hall–Kier alpha value is -0.912. The van der Waals surface area contributed by atoms with Gasteiger partial charge in [-0.05, 0) is 0 Å². The van der Waals surface area contributed by atoms with Crippen molar-refractivity contribution in [2.24, 2.45) is 0 Å². The molecular weight excluding hydrogens is 281 g/mol. The molecule has 1 unspecified atom stereocenters. The van der Waals surface area contributed by atoms with Crippen LogP contribution in [0.5, 0.6) is 0 Å². The number of rotatable bonds is 3. The summed E-state index contributed by atoms with van der Waals surface area (Å²) in [5, 5.41) is 0. The minimum absolute atomic E-state index is 1.10. The standard InChI is InChI=1S/C13H13AsClN/c1-11-7-9-12(10-8-11)14(15)16-13-5-3-2-4-6-13/h2-10,16H,1H3. The van der Waals surface area contributed by atoms with Crippen LogP contribution in [0.2, 0.25) is 0 Å². The number of hydrogen-bond acceptors (Lipinski definition) is 1. The van der Waals surface area contributed by atoms with E-state index in [4.69, 9.17) is 9.95 Å². The van der Waals surface area contributed by atoms with Crippen LogP contribution in [-0.4, -0.2) is 13.9 Å². The molecule has 2 aromatic rings. The van der Waals surface area contributed by atoms with Gasteiger partial charge in [-0.15, -0.1) is 0 Å². The number of benzene rings is 2. The molecule has 0 radical (unpaired) electrons. The van der Waals surface area contributed by atoms with E-state index in [2.05, 4.69) is 35.4 Å². The zero-order chi connectivity index (χ0) is 11.4. The van der Waals surface area contributed by atoms with Gasteiger partial charge in [-0.25, -0.2) is 0 Å². The predicted molar refractivity (Wildman–Crippen MR) is 72.5 cm³/mol. The van der Waals surface area contributed by atoms with Crippen molar-refractivity contribution in [3.63, 3.8) is 0 Å². The summed E-state index contributed by atoms with van der Waals surface area (Å²) >= 11 is -1.66. The second kappa shape index (κ2) is 5.43. The third-order valence-corrected chi connectivity index (χ3v) is 6.25. The van der Waals surface area contributed by atoms with Crippen molar-refractivity contribution in [2.75, 3.05) is 4.23 Å². The van der Waals surface area contributed by atoms with Crippen molar-refractivity contribution in [3.8, 4) is 0 Å². The van der Waals surface area contributed by atoms with Gasteiger partial charge in [0.05, 0.1) is 0 Å². The second-order valence-electron chi connectivity index (χ2n) is 3.59. The van der Waals surface area contributed by atoms with Crippen LogP contribution in [0, 0.1) is 6.92 Å². The van der Waals surface area contributed by atoms with Crippen LogP contribution in [-0.2, 0) is 0 Å². The average molecular weight is 294 g/mol. The summed E-state index contributed by atoms with van der Waals surface area (Å²) < 4.78 is 4.61. The fourth-order valence-electron chi connectivity index (χ4n) is 1.37. The Balaban J connectivity index is 2.09. The molecular formula is C13H13AsClN. The molecule has 1 nitrogen and oxygen atoms in total. The molecule has 0 heterocycles.